The number of esters is 4. The number of hydrogen-bond acceptors (Lipinski definition) is 15. The van der Waals surface area contributed by atoms with Crippen molar-refractivity contribution in [3.8, 4) is 0 Å². The third kappa shape index (κ3) is 62.4. The zero-order chi connectivity index (χ0) is 65.0. The number of phosphoric acid groups is 2. The normalized spacial score (nSPS) is 14.4. The van der Waals surface area contributed by atoms with E-state index in [1.165, 1.54) is 109 Å². The summed E-state index contributed by atoms with van der Waals surface area (Å²) in [5.74, 6) is -0.704. The highest BCUT2D eigenvalue weighted by molar-refractivity contribution is 7.47. The third-order valence-corrected chi connectivity index (χ3v) is 17.2. The van der Waals surface area contributed by atoms with Crippen molar-refractivity contribution in [3.63, 3.8) is 0 Å². The van der Waals surface area contributed by atoms with Crippen LogP contribution in [0.2, 0.25) is 0 Å². The Hall–Kier alpha value is -2.46. The molecule has 0 aliphatic rings. The van der Waals surface area contributed by atoms with Crippen molar-refractivity contribution in [2.75, 3.05) is 39.6 Å². The summed E-state index contributed by atoms with van der Waals surface area (Å²) < 4.78 is 68.0. The van der Waals surface area contributed by atoms with Gasteiger partial charge in [0.15, 0.2) is 12.2 Å². The highest BCUT2D eigenvalue weighted by Crippen LogP contribution is 2.45. The van der Waals surface area contributed by atoms with Gasteiger partial charge in [-0.25, -0.2) is 9.13 Å². The fourth-order valence-electron chi connectivity index (χ4n) is 9.87. The Balaban J connectivity index is 5.23. The van der Waals surface area contributed by atoms with Gasteiger partial charge in [0.05, 0.1) is 26.4 Å². The maximum Gasteiger partial charge on any atom is 0.472 e. The number of allylic oxidation sites excluding steroid dienone is 4. The van der Waals surface area contributed by atoms with Crippen molar-refractivity contribution in [3.05, 3.63) is 24.3 Å². The molecule has 0 saturated carbocycles. The summed E-state index contributed by atoms with van der Waals surface area (Å²) in [6.45, 7) is 9.35. The van der Waals surface area contributed by atoms with Crippen LogP contribution < -0.4 is 0 Å². The van der Waals surface area contributed by atoms with E-state index in [4.69, 9.17) is 37.0 Å². The number of hydrogen-bond donors (Lipinski definition) is 3. The van der Waals surface area contributed by atoms with E-state index in [-0.39, 0.29) is 25.7 Å². The average molecular weight is 1290 g/mol. The lowest BCUT2D eigenvalue weighted by atomic mass is 10.0. The molecule has 0 aromatic rings. The van der Waals surface area contributed by atoms with Gasteiger partial charge in [-0.3, -0.25) is 37.3 Å². The molecule has 3 N–H and O–H groups in total. The Labute approximate surface area is 535 Å². The number of rotatable bonds is 66. The highest BCUT2D eigenvalue weighted by Gasteiger charge is 2.30. The summed E-state index contributed by atoms with van der Waals surface area (Å²) in [6.07, 6.45) is 48.4. The summed E-state index contributed by atoms with van der Waals surface area (Å²) in [5, 5.41) is 10.5. The second-order valence-electron chi connectivity index (χ2n) is 25.2. The SMILES string of the molecule is CCCCCC/C=C\C=C/CCCCCCCC(=O)OC[C@H](COP(=O)(O)OC[C@@H](O)COP(=O)(O)OC[C@@H](COC(=O)CCCCCCCCC)OC(=O)CCCCCCCCC(C)C)OC(=O)CCCCCCCCCCCCCCCCC(C)C. The van der Waals surface area contributed by atoms with Crippen molar-refractivity contribution in [1.29, 1.82) is 0 Å². The number of phosphoric ester groups is 2. The van der Waals surface area contributed by atoms with Crippen molar-refractivity contribution in [2.24, 2.45) is 11.8 Å². The number of unbranched alkanes of at least 4 members (excludes halogenated alkanes) is 33. The Morgan fingerprint density at radius 3 is 0.932 bits per heavy atom. The summed E-state index contributed by atoms with van der Waals surface area (Å²) in [4.78, 5) is 72.3. The van der Waals surface area contributed by atoms with Crippen LogP contribution in [-0.4, -0.2) is 96.7 Å². The van der Waals surface area contributed by atoms with E-state index in [0.717, 1.165) is 128 Å². The molecule has 19 heteroatoms. The van der Waals surface area contributed by atoms with E-state index in [1.807, 2.05) is 0 Å². The Morgan fingerprint density at radius 2 is 0.614 bits per heavy atom. The third-order valence-electron chi connectivity index (χ3n) is 15.3. The van der Waals surface area contributed by atoms with Crippen LogP contribution in [0, 0.1) is 11.8 Å². The molecule has 0 heterocycles. The van der Waals surface area contributed by atoms with Gasteiger partial charge < -0.3 is 33.8 Å². The Morgan fingerprint density at radius 1 is 0.352 bits per heavy atom. The minimum absolute atomic E-state index is 0.0993. The van der Waals surface area contributed by atoms with E-state index in [2.05, 4.69) is 65.8 Å². The van der Waals surface area contributed by atoms with Gasteiger partial charge in [-0.1, -0.05) is 271 Å². The van der Waals surface area contributed by atoms with Crippen LogP contribution in [0.1, 0.15) is 324 Å². The lowest BCUT2D eigenvalue weighted by molar-refractivity contribution is -0.161. The standard InChI is InChI=1S/C69H130O17P2/c1-7-9-11-13-15-16-17-18-19-23-26-29-33-40-46-52-67(72)80-58-64(85-68(73)53-47-41-34-30-27-24-21-20-22-25-28-32-37-43-49-61(3)4)59-83-87(75,76)81-55-63(70)56-82-88(77,78)84-60-65(57-79-66(71)51-45-39-31-14-12-10-8-2)86-69(74)54-48-42-36-35-38-44-50-62(5)6/h16-19,61-65,70H,7-15,20-60H2,1-6H3,(H,75,76)(H,77,78)/b17-16-,19-18-/t63-,64-,65-/m1/s1. The molecule has 2 unspecified atom stereocenters. The first-order valence-corrected chi connectivity index (χ1v) is 38.3. The predicted octanol–water partition coefficient (Wildman–Crippen LogP) is 19.2. The minimum Gasteiger partial charge on any atom is -0.462 e. The zero-order valence-corrected chi connectivity index (χ0v) is 58.3. The van der Waals surface area contributed by atoms with E-state index >= 15 is 0 Å². The molecular formula is C69H130O17P2. The van der Waals surface area contributed by atoms with Gasteiger partial charge in [-0.05, 0) is 63.2 Å². The molecule has 0 fully saturated rings. The minimum atomic E-state index is -4.96. The van der Waals surface area contributed by atoms with Gasteiger partial charge >= 0.3 is 39.5 Å². The van der Waals surface area contributed by atoms with Crippen molar-refractivity contribution < 1.29 is 80.2 Å². The first-order chi connectivity index (χ1) is 42.4. The molecule has 0 aromatic heterocycles. The molecule has 0 amide bonds. The van der Waals surface area contributed by atoms with Crippen LogP contribution >= 0.6 is 15.6 Å². The first kappa shape index (κ1) is 85.5. The van der Waals surface area contributed by atoms with E-state index < -0.39 is 97.5 Å². The van der Waals surface area contributed by atoms with Gasteiger partial charge in [0, 0.05) is 25.7 Å². The van der Waals surface area contributed by atoms with Crippen molar-refractivity contribution in [2.45, 2.75) is 342 Å². The quantitative estimate of drug-likeness (QED) is 0.0169. The van der Waals surface area contributed by atoms with Gasteiger partial charge in [0.1, 0.15) is 19.3 Å². The second kappa shape index (κ2) is 60.8. The summed E-state index contributed by atoms with van der Waals surface area (Å²) in [6, 6.07) is 0. The van der Waals surface area contributed by atoms with Crippen LogP contribution in [0.4, 0.5) is 0 Å². The maximum absolute atomic E-state index is 13.0. The first-order valence-electron chi connectivity index (χ1n) is 35.3. The molecule has 0 saturated heterocycles. The van der Waals surface area contributed by atoms with Gasteiger partial charge in [-0.15, -0.1) is 0 Å². The van der Waals surface area contributed by atoms with Crippen LogP contribution in [0.15, 0.2) is 24.3 Å². The smallest absolute Gasteiger partial charge is 0.462 e. The number of aliphatic hydroxyl groups is 1. The lowest BCUT2D eigenvalue weighted by Crippen LogP contribution is -2.30. The van der Waals surface area contributed by atoms with Gasteiger partial charge in [0.2, 0.25) is 0 Å². The van der Waals surface area contributed by atoms with Crippen LogP contribution in [-0.2, 0) is 65.4 Å². The van der Waals surface area contributed by atoms with Crippen LogP contribution in [0.3, 0.4) is 0 Å². The molecule has 0 aromatic carbocycles. The molecule has 0 bridgehead atoms. The largest absolute Gasteiger partial charge is 0.472 e. The zero-order valence-electron chi connectivity index (χ0n) is 56.5. The summed E-state index contributed by atoms with van der Waals surface area (Å²) in [7, 11) is -9.90. The van der Waals surface area contributed by atoms with E-state index in [9.17, 15) is 43.2 Å². The molecule has 0 radical (unpaired) electrons. The molecule has 88 heavy (non-hydrogen) atoms. The number of ether oxygens (including phenoxy) is 4. The Kier molecular flexibility index (Phi) is 59.1. The fraction of sp³-hybridized carbons (Fsp3) is 0.884. The summed E-state index contributed by atoms with van der Waals surface area (Å²) >= 11 is 0. The van der Waals surface area contributed by atoms with E-state index in [0.29, 0.717) is 31.6 Å². The van der Waals surface area contributed by atoms with Crippen LogP contribution in [0.25, 0.3) is 0 Å². The van der Waals surface area contributed by atoms with Crippen molar-refractivity contribution in [1.82, 2.24) is 0 Å². The number of aliphatic hydroxyl groups excluding tert-OH is 1. The highest BCUT2D eigenvalue weighted by atomic mass is 31.2. The van der Waals surface area contributed by atoms with Crippen molar-refractivity contribution >= 4 is 39.5 Å². The monoisotopic (exact) mass is 1290 g/mol. The number of carbonyl (C=O) groups is 4. The van der Waals surface area contributed by atoms with E-state index in [1.54, 1.807) is 0 Å². The molecule has 0 aliphatic carbocycles. The lowest BCUT2D eigenvalue weighted by Gasteiger charge is -2.21. The average Bonchev–Trinajstić information content (AvgIpc) is 3.59. The summed E-state index contributed by atoms with van der Waals surface area (Å²) in [5.41, 5.74) is 0. The maximum atomic E-state index is 13.0. The Bertz CT molecular complexity index is 1810. The molecule has 0 rings (SSSR count). The fourth-order valence-corrected chi connectivity index (χ4v) is 11.5. The second-order valence-corrected chi connectivity index (χ2v) is 28.1. The van der Waals surface area contributed by atoms with Gasteiger partial charge in [0.25, 0.3) is 0 Å². The molecular weight excluding hydrogens is 1160 g/mol. The predicted molar refractivity (Wildman–Crippen MR) is 354 cm³/mol. The van der Waals surface area contributed by atoms with Crippen LogP contribution in [0.5, 0.6) is 0 Å². The van der Waals surface area contributed by atoms with Gasteiger partial charge in [-0.2, -0.15) is 0 Å². The number of carbonyl (C=O) groups excluding carboxylic acids is 4. The molecule has 17 nitrogen and oxygen atoms in total. The molecule has 5 atom stereocenters. The molecule has 0 aliphatic heterocycles. The molecule has 518 valence electrons. The topological polar surface area (TPSA) is 237 Å². The molecule has 0 spiro atoms.